The van der Waals surface area contributed by atoms with E-state index in [1.165, 1.54) is 5.56 Å². The molecule has 27 heavy (non-hydrogen) atoms. The minimum atomic E-state index is -0.183. The van der Waals surface area contributed by atoms with Crippen molar-refractivity contribution in [3.05, 3.63) is 54.1 Å². The molecule has 0 spiro atoms. The average Bonchev–Trinajstić information content (AvgIpc) is 3.02. The number of nitrogens with zero attached hydrogens (tertiary/aromatic N) is 2. The van der Waals surface area contributed by atoms with Crippen LogP contribution in [0.3, 0.4) is 0 Å². The minimum absolute atomic E-state index is 0.0592. The highest BCUT2D eigenvalue weighted by Crippen LogP contribution is 2.23. The number of carbonyl (C=O) groups excluding carboxylic acids is 2. The lowest BCUT2D eigenvalue weighted by molar-refractivity contribution is -0.116. The third-order valence-electron chi connectivity index (χ3n) is 4.67. The molecule has 1 aliphatic heterocycles. The number of urea groups is 1. The maximum atomic E-state index is 12.7. The first kappa shape index (κ1) is 19.3. The Morgan fingerprint density at radius 1 is 1.07 bits per heavy atom. The van der Waals surface area contributed by atoms with Crippen LogP contribution in [-0.2, 0) is 4.79 Å². The quantitative estimate of drug-likeness (QED) is 0.752. The van der Waals surface area contributed by atoms with Gasteiger partial charge in [0.1, 0.15) is 6.54 Å². The summed E-state index contributed by atoms with van der Waals surface area (Å²) in [6.45, 7) is 5.48. The summed E-state index contributed by atoms with van der Waals surface area (Å²) in [7, 11) is 0. The van der Waals surface area contributed by atoms with E-state index in [1.54, 1.807) is 21.6 Å². The first-order valence-corrected chi connectivity index (χ1v) is 10.3. The summed E-state index contributed by atoms with van der Waals surface area (Å²) in [6, 6.07) is 15.6. The van der Waals surface area contributed by atoms with Gasteiger partial charge in [0.15, 0.2) is 0 Å². The van der Waals surface area contributed by atoms with Crippen LogP contribution in [-0.4, -0.2) is 42.7 Å². The van der Waals surface area contributed by atoms with E-state index in [0.717, 1.165) is 16.3 Å². The van der Waals surface area contributed by atoms with Gasteiger partial charge in [0.2, 0.25) is 5.91 Å². The van der Waals surface area contributed by atoms with Crippen LogP contribution in [0.4, 0.5) is 16.2 Å². The normalized spacial score (nSPS) is 14.1. The monoisotopic (exact) mass is 383 g/mol. The van der Waals surface area contributed by atoms with E-state index >= 15 is 0 Å². The third kappa shape index (κ3) is 4.63. The Labute approximate surface area is 164 Å². The molecular weight excluding hydrogens is 358 g/mol. The van der Waals surface area contributed by atoms with Crippen LogP contribution in [0, 0.1) is 0 Å². The third-order valence-corrected chi connectivity index (χ3v) is 5.42. The molecule has 0 unspecified atom stereocenters. The highest BCUT2D eigenvalue weighted by Gasteiger charge is 2.30. The molecule has 0 bridgehead atoms. The Kier molecular flexibility index (Phi) is 6.06. The van der Waals surface area contributed by atoms with Crippen LogP contribution in [0.5, 0.6) is 0 Å². The second-order valence-electron chi connectivity index (χ2n) is 6.88. The zero-order valence-electron chi connectivity index (χ0n) is 15.9. The molecular formula is C21H25N3O2S. The predicted octanol–water partition coefficient (Wildman–Crippen LogP) is 4.41. The molecule has 1 N–H and O–H groups in total. The van der Waals surface area contributed by atoms with Gasteiger partial charge in [0.05, 0.1) is 0 Å². The molecule has 3 amide bonds. The van der Waals surface area contributed by atoms with Crippen molar-refractivity contribution in [3.63, 3.8) is 0 Å². The van der Waals surface area contributed by atoms with Crippen molar-refractivity contribution in [2.24, 2.45) is 0 Å². The summed E-state index contributed by atoms with van der Waals surface area (Å²) in [5.41, 5.74) is 2.86. The van der Waals surface area contributed by atoms with Crippen LogP contribution >= 0.6 is 11.8 Å². The summed E-state index contributed by atoms with van der Waals surface area (Å²) in [5.74, 6) is 0.274. The van der Waals surface area contributed by atoms with E-state index < -0.39 is 0 Å². The Balaban J connectivity index is 1.58. The number of nitrogens with one attached hydrogen (secondary N) is 1. The van der Waals surface area contributed by atoms with Gasteiger partial charge in [0, 0.05) is 29.4 Å². The van der Waals surface area contributed by atoms with E-state index in [-0.39, 0.29) is 18.5 Å². The van der Waals surface area contributed by atoms with E-state index in [4.69, 9.17) is 0 Å². The SMILES string of the molecule is CSc1ccc(NC(=O)CN2CCN(c3ccc(C(C)C)cc3)C2=O)cc1. The Hall–Kier alpha value is -2.47. The van der Waals surface area contributed by atoms with Crippen molar-refractivity contribution in [2.45, 2.75) is 24.7 Å². The van der Waals surface area contributed by atoms with Gasteiger partial charge in [0.25, 0.3) is 0 Å². The highest BCUT2D eigenvalue weighted by molar-refractivity contribution is 7.98. The predicted molar refractivity (Wildman–Crippen MR) is 112 cm³/mol. The molecule has 0 aliphatic carbocycles. The number of hydrogen-bond acceptors (Lipinski definition) is 3. The van der Waals surface area contributed by atoms with Gasteiger partial charge in [-0.15, -0.1) is 11.8 Å². The maximum Gasteiger partial charge on any atom is 0.325 e. The van der Waals surface area contributed by atoms with Crippen LogP contribution < -0.4 is 10.2 Å². The van der Waals surface area contributed by atoms with Crippen molar-refractivity contribution in [1.29, 1.82) is 0 Å². The number of amides is 3. The molecule has 142 valence electrons. The van der Waals surface area contributed by atoms with E-state index in [2.05, 4.69) is 31.3 Å². The second kappa shape index (κ2) is 8.48. The van der Waals surface area contributed by atoms with Crippen LogP contribution in [0.1, 0.15) is 25.3 Å². The molecule has 3 rings (SSSR count). The summed E-state index contributed by atoms with van der Waals surface area (Å²) < 4.78 is 0. The van der Waals surface area contributed by atoms with Gasteiger partial charge in [-0.05, 0) is 54.1 Å². The molecule has 2 aromatic carbocycles. The standard InChI is InChI=1S/C21H25N3O2S/c1-15(2)16-4-8-18(9-5-16)24-13-12-23(21(24)26)14-20(25)22-17-6-10-19(27-3)11-7-17/h4-11,15H,12-14H2,1-3H3,(H,22,25). The molecule has 0 aromatic heterocycles. The molecule has 1 fully saturated rings. The minimum Gasteiger partial charge on any atom is -0.325 e. The first-order chi connectivity index (χ1) is 13.0. The fourth-order valence-electron chi connectivity index (χ4n) is 3.06. The lowest BCUT2D eigenvalue weighted by Gasteiger charge is -2.19. The van der Waals surface area contributed by atoms with Gasteiger partial charge in [-0.25, -0.2) is 4.79 Å². The molecule has 1 aliphatic rings. The number of anilines is 2. The number of thioether (sulfide) groups is 1. The summed E-state index contributed by atoms with van der Waals surface area (Å²) in [6.07, 6.45) is 2.01. The highest BCUT2D eigenvalue weighted by atomic mass is 32.2. The molecule has 0 atom stereocenters. The second-order valence-corrected chi connectivity index (χ2v) is 7.76. The van der Waals surface area contributed by atoms with Crippen LogP contribution in [0.25, 0.3) is 0 Å². The zero-order valence-corrected chi connectivity index (χ0v) is 16.8. The molecule has 5 nitrogen and oxygen atoms in total. The Morgan fingerprint density at radius 3 is 2.33 bits per heavy atom. The van der Waals surface area contributed by atoms with Gasteiger partial charge in [-0.1, -0.05) is 26.0 Å². The lowest BCUT2D eigenvalue weighted by Crippen LogP contribution is -2.37. The van der Waals surface area contributed by atoms with Crippen LogP contribution in [0.2, 0.25) is 0 Å². The average molecular weight is 384 g/mol. The van der Waals surface area contributed by atoms with Crippen LogP contribution in [0.15, 0.2) is 53.4 Å². The number of rotatable bonds is 6. The Bertz CT molecular complexity index is 803. The summed E-state index contributed by atoms with van der Waals surface area (Å²) >= 11 is 1.65. The number of benzene rings is 2. The molecule has 2 aromatic rings. The topological polar surface area (TPSA) is 52.7 Å². The van der Waals surface area contributed by atoms with Gasteiger partial charge < -0.3 is 10.2 Å². The molecule has 0 saturated carbocycles. The fraction of sp³-hybridized carbons (Fsp3) is 0.333. The Morgan fingerprint density at radius 2 is 1.74 bits per heavy atom. The van der Waals surface area contributed by atoms with Gasteiger partial charge in [-0.3, -0.25) is 9.69 Å². The van der Waals surface area contributed by atoms with E-state index in [9.17, 15) is 9.59 Å². The van der Waals surface area contributed by atoms with Crippen molar-refractivity contribution < 1.29 is 9.59 Å². The molecule has 0 radical (unpaired) electrons. The lowest BCUT2D eigenvalue weighted by atomic mass is 10.0. The zero-order chi connectivity index (χ0) is 19.4. The summed E-state index contributed by atoms with van der Waals surface area (Å²) in [4.78, 5) is 29.4. The smallest absolute Gasteiger partial charge is 0.325 e. The number of hydrogen-bond donors (Lipinski definition) is 1. The summed E-state index contributed by atoms with van der Waals surface area (Å²) in [5, 5.41) is 2.85. The van der Waals surface area contributed by atoms with Crippen molar-refractivity contribution >= 4 is 35.1 Å². The largest absolute Gasteiger partial charge is 0.325 e. The fourth-order valence-corrected chi connectivity index (χ4v) is 3.46. The van der Waals surface area contributed by atoms with Crippen molar-refractivity contribution in [1.82, 2.24) is 4.90 Å². The van der Waals surface area contributed by atoms with Crippen molar-refractivity contribution in [3.8, 4) is 0 Å². The van der Waals surface area contributed by atoms with E-state index in [0.29, 0.717) is 19.0 Å². The molecule has 1 saturated heterocycles. The molecule has 6 heteroatoms. The van der Waals surface area contributed by atoms with E-state index in [1.807, 2.05) is 42.7 Å². The van der Waals surface area contributed by atoms with Gasteiger partial charge in [-0.2, -0.15) is 0 Å². The van der Waals surface area contributed by atoms with Gasteiger partial charge >= 0.3 is 6.03 Å². The maximum absolute atomic E-state index is 12.7. The van der Waals surface area contributed by atoms with Crippen molar-refractivity contribution in [2.75, 3.05) is 36.1 Å². The number of carbonyl (C=O) groups is 2. The first-order valence-electron chi connectivity index (χ1n) is 9.08. The molecule has 1 heterocycles.